The summed E-state index contributed by atoms with van der Waals surface area (Å²) >= 11 is 1.57. The summed E-state index contributed by atoms with van der Waals surface area (Å²) in [4.78, 5) is 27.2. The van der Waals surface area contributed by atoms with E-state index >= 15 is 0 Å². The average molecular weight is 442 g/mol. The average Bonchev–Trinajstić information content (AvgIpc) is 3.17. The van der Waals surface area contributed by atoms with Gasteiger partial charge in [-0.3, -0.25) is 9.59 Å². The van der Waals surface area contributed by atoms with Crippen molar-refractivity contribution in [3.8, 4) is 11.1 Å². The van der Waals surface area contributed by atoms with E-state index in [2.05, 4.69) is 21.3 Å². The van der Waals surface area contributed by atoms with Crippen LogP contribution in [0.4, 0.5) is 0 Å². The van der Waals surface area contributed by atoms with Crippen LogP contribution in [0.2, 0.25) is 0 Å². The number of aliphatic hydroxyl groups is 1. The lowest BCUT2D eigenvalue weighted by Crippen LogP contribution is -2.22. The van der Waals surface area contributed by atoms with Gasteiger partial charge >= 0.3 is 0 Å². The van der Waals surface area contributed by atoms with Crippen LogP contribution >= 0.6 is 11.3 Å². The molecule has 0 aliphatic rings. The monoisotopic (exact) mass is 441 g/mol. The summed E-state index contributed by atoms with van der Waals surface area (Å²) in [5, 5.41) is 22.5. The Bertz CT molecular complexity index is 1000. The van der Waals surface area contributed by atoms with Gasteiger partial charge in [0.2, 0.25) is 0 Å². The number of benzene rings is 2. The summed E-state index contributed by atoms with van der Waals surface area (Å²) < 4.78 is 0. The highest BCUT2D eigenvalue weighted by molar-refractivity contribution is 7.09. The lowest BCUT2D eigenvalue weighted by atomic mass is 9.97. The highest BCUT2D eigenvalue weighted by Crippen LogP contribution is 2.26. The van der Waals surface area contributed by atoms with Gasteiger partial charge in [-0.25, -0.2) is 4.98 Å². The first-order chi connectivity index (χ1) is 14.9. The smallest absolute Gasteiger partial charge is 0.290 e. The van der Waals surface area contributed by atoms with Gasteiger partial charge in [-0.05, 0) is 55.4 Å². The maximum absolute atomic E-state index is 12.4. The number of hydrogen-bond acceptors (Lipinski definition) is 6. The van der Waals surface area contributed by atoms with Gasteiger partial charge < -0.3 is 20.4 Å². The predicted molar refractivity (Wildman–Crippen MR) is 122 cm³/mol. The Hall–Kier alpha value is -3.07. The van der Waals surface area contributed by atoms with E-state index in [0.717, 1.165) is 39.5 Å². The molecule has 0 saturated heterocycles. The third-order valence-corrected chi connectivity index (χ3v) is 5.22. The normalized spacial score (nSPS) is 10.4. The Kier molecular flexibility index (Phi) is 9.33. The second-order valence-corrected chi connectivity index (χ2v) is 8.17. The fraction of sp³-hybridized carbons (Fsp3) is 0.261. The maximum atomic E-state index is 12.4. The van der Waals surface area contributed by atoms with E-state index < -0.39 is 0 Å². The summed E-state index contributed by atoms with van der Waals surface area (Å²) in [5.41, 5.74) is 5.48. The first-order valence-corrected chi connectivity index (χ1v) is 10.5. The van der Waals surface area contributed by atoms with E-state index in [1.165, 1.54) is 0 Å². The number of nitrogens with zero attached hydrogens (tertiary/aromatic N) is 2. The number of carboxylic acid groups (broad SMARTS) is 1. The molecule has 0 aliphatic carbocycles. The van der Waals surface area contributed by atoms with Gasteiger partial charge in [-0.2, -0.15) is 0 Å². The van der Waals surface area contributed by atoms with E-state index in [0.29, 0.717) is 12.1 Å². The summed E-state index contributed by atoms with van der Waals surface area (Å²) in [6.45, 7) is 2.92. The zero-order valence-electron chi connectivity index (χ0n) is 17.8. The molecular formula is C23H27N3O4S. The Morgan fingerprint density at radius 3 is 2.42 bits per heavy atom. The molecule has 0 unspecified atom stereocenters. The zero-order chi connectivity index (χ0) is 22.8. The SMILES string of the molecule is Cc1nc(CNC(=O)c2ccc(-c3ccc(CN(C)C)cc3CO)cc2)cs1.O=CO. The molecule has 0 saturated carbocycles. The molecule has 3 aromatic rings. The van der Waals surface area contributed by atoms with Crippen LogP contribution in [0.5, 0.6) is 0 Å². The number of aryl methyl sites for hydroxylation is 1. The standard InChI is InChI=1S/C22H25N3O2S.CH2O2/c1-15-24-20(14-28-15)11-23-22(27)18-7-5-17(6-8-18)21-9-4-16(12-25(2)3)10-19(21)13-26;2-1-3/h4-10,14,26H,11-13H2,1-3H3,(H,23,27);1H,(H,2,3). The van der Waals surface area contributed by atoms with Crippen molar-refractivity contribution in [2.24, 2.45) is 0 Å². The van der Waals surface area contributed by atoms with Gasteiger partial charge in [-0.15, -0.1) is 11.3 Å². The van der Waals surface area contributed by atoms with E-state index in [-0.39, 0.29) is 19.0 Å². The lowest BCUT2D eigenvalue weighted by molar-refractivity contribution is -0.122. The minimum absolute atomic E-state index is 0.0219. The van der Waals surface area contributed by atoms with Crippen LogP contribution in [0, 0.1) is 6.92 Å². The van der Waals surface area contributed by atoms with Crippen LogP contribution in [0.15, 0.2) is 47.8 Å². The molecule has 0 spiro atoms. The molecule has 31 heavy (non-hydrogen) atoms. The van der Waals surface area contributed by atoms with Crippen molar-refractivity contribution in [3.05, 3.63) is 75.2 Å². The van der Waals surface area contributed by atoms with Crippen molar-refractivity contribution >= 4 is 23.7 Å². The topological polar surface area (TPSA) is 103 Å². The fourth-order valence-electron chi connectivity index (χ4n) is 3.09. The van der Waals surface area contributed by atoms with E-state index in [9.17, 15) is 9.90 Å². The molecule has 7 nitrogen and oxygen atoms in total. The number of rotatable bonds is 7. The minimum Gasteiger partial charge on any atom is -0.483 e. The zero-order valence-corrected chi connectivity index (χ0v) is 18.6. The number of aliphatic hydroxyl groups excluding tert-OH is 1. The number of thiazole rings is 1. The molecule has 1 heterocycles. The van der Waals surface area contributed by atoms with E-state index in [1.807, 2.05) is 62.8 Å². The number of nitrogens with one attached hydrogen (secondary N) is 1. The van der Waals surface area contributed by atoms with Gasteiger partial charge in [-0.1, -0.05) is 30.3 Å². The Balaban J connectivity index is 0.00000107. The Morgan fingerprint density at radius 2 is 1.87 bits per heavy atom. The molecule has 0 fully saturated rings. The third-order valence-electron chi connectivity index (χ3n) is 4.39. The lowest BCUT2D eigenvalue weighted by Gasteiger charge is -2.14. The first-order valence-electron chi connectivity index (χ1n) is 9.62. The number of hydrogen-bond donors (Lipinski definition) is 3. The van der Waals surface area contributed by atoms with Crippen LogP contribution in [0.25, 0.3) is 11.1 Å². The van der Waals surface area contributed by atoms with Gasteiger partial charge in [0, 0.05) is 17.5 Å². The van der Waals surface area contributed by atoms with Crippen LogP contribution in [0.1, 0.15) is 32.2 Å². The highest BCUT2D eigenvalue weighted by atomic mass is 32.1. The summed E-state index contributed by atoms with van der Waals surface area (Å²) in [5.74, 6) is -0.124. The molecular weight excluding hydrogens is 414 g/mol. The number of carbonyl (C=O) groups excluding carboxylic acids is 1. The maximum Gasteiger partial charge on any atom is 0.290 e. The van der Waals surface area contributed by atoms with Crippen molar-refractivity contribution in [1.29, 1.82) is 0 Å². The molecule has 0 aliphatic heterocycles. The Labute approximate surface area is 186 Å². The number of aromatic nitrogens is 1. The van der Waals surface area contributed by atoms with Crippen molar-refractivity contribution in [2.75, 3.05) is 14.1 Å². The quantitative estimate of drug-likeness (QED) is 0.486. The minimum atomic E-state index is -0.250. The van der Waals surface area contributed by atoms with Gasteiger partial charge in [0.25, 0.3) is 12.4 Å². The molecule has 1 amide bonds. The van der Waals surface area contributed by atoms with Crippen LogP contribution in [0.3, 0.4) is 0 Å². The van der Waals surface area contributed by atoms with Crippen LogP contribution < -0.4 is 5.32 Å². The molecule has 3 N–H and O–H groups in total. The number of amides is 1. The van der Waals surface area contributed by atoms with Crippen LogP contribution in [-0.2, 0) is 24.5 Å². The summed E-state index contributed by atoms with van der Waals surface area (Å²) in [6.07, 6.45) is 0. The van der Waals surface area contributed by atoms with Gasteiger partial charge in [0.05, 0.1) is 23.9 Å². The fourth-order valence-corrected chi connectivity index (χ4v) is 3.70. The van der Waals surface area contributed by atoms with E-state index in [4.69, 9.17) is 9.90 Å². The Morgan fingerprint density at radius 1 is 1.19 bits per heavy atom. The molecule has 0 radical (unpaired) electrons. The molecule has 0 atom stereocenters. The van der Waals surface area contributed by atoms with Crippen LogP contribution in [-0.4, -0.2) is 46.6 Å². The highest BCUT2D eigenvalue weighted by Gasteiger charge is 2.10. The molecule has 0 bridgehead atoms. The molecule has 8 heteroatoms. The molecule has 2 aromatic carbocycles. The second-order valence-electron chi connectivity index (χ2n) is 7.11. The first kappa shape index (κ1) is 24.2. The van der Waals surface area contributed by atoms with E-state index in [1.54, 1.807) is 11.3 Å². The van der Waals surface area contributed by atoms with Crippen molar-refractivity contribution in [2.45, 2.75) is 26.6 Å². The van der Waals surface area contributed by atoms with Crippen molar-refractivity contribution in [3.63, 3.8) is 0 Å². The predicted octanol–water partition coefficient (Wildman–Crippen LogP) is 3.30. The molecule has 3 rings (SSSR count). The second kappa shape index (κ2) is 11.9. The van der Waals surface area contributed by atoms with Gasteiger partial charge in [0.1, 0.15) is 0 Å². The van der Waals surface area contributed by atoms with Gasteiger partial charge in [0.15, 0.2) is 0 Å². The van der Waals surface area contributed by atoms with Crippen molar-refractivity contribution < 1.29 is 19.8 Å². The largest absolute Gasteiger partial charge is 0.483 e. The molecule has 164 valence electrons. The van der Waals surface area contributed by atoms with Crippen molar-refractivity contribution in [1.82, 2.24) is 15.2 Å². The molecule has 1 aromatic heterocycles. The summed E-state index contributed by atoms with van der Waals surface area (Å²) in [7, 11) is 4.04. The summed E-state index contributed by atoms with van der Waals surface area (Å²) in [6, 6.07) is 13.6. The number of carbonyl (C=O) groups is 2. The third kappa shape index (κ3) is 7.29.